The van der Waals surface area contributed by atoms with Crippen molar-refractivity contribution in [3.8, 4) is 11.1 Å². The molecule has 3 N–H and O–H groups in total. The molecule has 1 aliphatic carbocycles. The Morgan fingerprint density at radius 1 is 1.03 bits per heavy atom. The number of ether oxygens (including phenoxy) is 1. The van der Waals surface area contributed by atoms with Crippen molar-refractivity contribution in [1.29, 1.82) is 0 Å². The highest BCUT2D eigenvalue weighted by atomic mass is 16.5. The molecular weight excluding hydrogens is 408 g/mol. The van der Waals surface area contributed by atoms with Gasteiger partial charge in [-0.1, -0.05) is 75.2 Å². The van der Waals surface area contributed by atoms with Crippen LogP contribution in [-0.4, -0.2) is 42.3 Å². The van der Waals surface area contributed by atoms with E-state index >= 15 is 0 Å². The van der Waals surface area contributed by atoms with Crippen molar-refractivity contribution in [3.05, 3.63) is 59.7 Å². The van der Waals surface area contributed by atoms with Gasteiger partial charge in [0.2, 0.25) is 5.91 Å². The van der Waals surface area contributed by atoms with Crippen molar-refractivity contribution < 1.29 is 24.2 Å². The van der Waals surface area contributed by atoms with Gasteiger partial charge < -0.3 is 20.5 Å². The Morgan fingerprint density at radius 3 is 2.19 bits per heavy atom. The first-order valence-electron chi connectivity index (χ1n) is 11.0. The van der Waals surface area contributed by atoms with Crippen LogP contribution in [0.3, 0.4) is 0 Å². The van der Waals surface area contributed by atoms with Gasteiger partial charge in [-0.05, 0) is 28.7 Å². The second-order valence-electron chi connectivity index (χ2n) is 8.15. The van der Waals surface area contributed by atoms with Crippen LogP contribution in [-0.2, 0) is 14.3 Å². The molecule has 0 saturated heterocycles. The average molecular weight is 439 g/mol. The van der Waals surface area contributed by atoms with Gasteiger partial charge in [0.05, 0.1) is 5.92 Å². The van der Waals surface area contributed by atoms with Crippen LogP contribution in [0.15, 0.2) is 48.5 Å². The summed E-state index contributed by atoms with van der Waals surface area (Å²) in [5.41, 5.74) is 4.55. The number of alkyl carbamates (subject to hydrolysis) is 1. The Morgan fingerprint density at radius 2 is 1.62 bits per heavy atom. The number of carboxylic acids is 1. The lowest BCUT2D eigenvalue weighted by atomic mass is 9.98. The Balaban J connectivity index is 1.50. The van der Waals surface area contributed by atoms with Crippen molar-refractivity contribution in [3.63, 3.8) is 0 Å². The van der Waals surface area contributed by atoms with E-state index in [1.54, 1.807) is 6.92 Å². The van der Waals surface area contributed by atoms with Crippen LogP contribution in [0, 0.1) is 5.92 Å². The number of aliphatic carboxylic acids is 1. The van der Waals surface area contributed by atoms with Gasteiger partial charge in [0.1, 0.15) is 12.6 Å². The van der Waals surface area contributed by atoms with Crippen molar-refractivity contribution in [1.82, 2.24) is 10.6 Å². The van der Waals surface area contributed by atoms with Crippen LogP contribution >= 0.6 is 0 Å². The second-order valence-corrected chi connectivity index (χ2v) is 8.15. The van der Waals surface area contributed by atoms with Gasteiger partial charge in [-0.25, -0.2) is 9.59 Å². The molecule has 0 spiro atoms. The first kappa shape index (κ1) is 23.3. The summed E-state index contributed by atoms with van der Waals surface area (Å²) in [6.45, 7) is 3.85. The second kappa shape index (κ2) is 10.8. The first-order chi connectivity index (χ1) is 15.4. The maximum atomic E-state index is 12.3. The summed E-state index contributed by atoms with van der Waals surface area (Å²) >= 11 is 0. The Hall–Kier alpha value is -3.35. The fourth-order valence-electron chi connectivity index (χ4n) is 3.96. The van der Waals surface area contributed by atoms with Gasteiger partial charge in [-0.3, -0.25) is 4.79 Å². The number of hydrogen-bond acceptors (Lipinski definition) is 4. The minimum Gasteiger partial charge on any atom is -0.480 e. The van der Waals surface area contributed by atoms with Crippen LogP contribution in [0.25, 0.3) is 11.1 Å². The van der Waals surface area contributed by atoms with E-state index in [1.165, 1.54) is 0 Å². The van der Waals surface area contributed by atoms with E-state index in [1.807, 2.05) is 43.3 Å². The molecule has 170 valence electrons. The van der Waals surface area contributed by atoms with Gasteiger partial charge in [0.15, 0.2) is 0 Å². The Kier molecular flexibility index (Phi) is 7.87. The maximum absolute atomic E-state index is 12.3. The standard InChI is InChI=1S/C25H30N2O5/c1-3-4-13-22(24(29)30)27-23(28)16(2)14-26-25(31)32-15-21-19-11-7-5-9-17(19)18-10-6-8-12-20(18)21/h5-12,16,21-22H,3-4,13-15H2,1-2H3,(H,26,31)(H,27,28)(H,29,30)/t16?,22-/m0/s1. The lowest BCUT2D eigenvalue weighted by Crippen LogP contribution is -2.45. The molecule has 0 fully saturated rings. The van der Waals surface area contributed by atoms with E-state index in [4.69, 9.17) is 4.74 Å². The molecule has 2 aromatic carbocycles. The number of fused-ring (bicyclic) bond motifs is 3. The van der Waals surface area contributed by atoms with Gasteiger partial charge in [0.25, 0.3) is 0 Å². The van der Waals surface area contributed by atoms with E-state index in [0.29, 0.717) is 12.8 Å². The summed E-state index contributed by atoms with van der Waals surface area (Å²) in [6.07, 6.45) is 1.33. The van der Waals surface area contributed by atoms with Crippen molar-refractivity contribution >= 4 is 18.0 Å². The van der Waals surface area contributed by atoms with Gasteiger partial charge >= 0.3 is 12.1 Å². The third-order valence-electron chi connectivity index (χ3n) is 5.80. The summed E-state index contributed by atoms with van der Waals surface area (Å²) < 4.78 is 5.47. The summed E-state index contributed by atoms with van der Waals surface area (Å²) in [5, 5.41) is 14.4. The summed E-state index contributed by atoms with van der Waals surface area (Å²) in [6, 6.07) is 15.3. The highest BCUT2D eigenvalue weighted by Gasteiger charge is 2.29. The average Bonchev–Trinajstić information content (AvgIpc) is 3.12. The predicted octanol–water partition coefficient (Wildman–Crippen LogP) is 3.92. The minimum absolute atomic E-state index is 0.0382. The summed E-state index contributed by atoms with van der Waals surface area (Å²) in [7, 11) is 0. The molecule has 0 aromatic heterocycles. The number of hydrogen-bond donors (Lipinski definition) is 3. The highest BCUT2D eigenvalue weighted by Crippen LogP contribution is 2.44. The molecule has 7 heteroatoms. The van der Waals surface area contributed by atoms with Crippen molar-refractivity contribution in [2.75, 3.05) is 13.2 Å². The van der Waals surface area contributed by atoms with Crippen LogP contribution in [0.4, 0.5) is 4.79 Å². The molecular formula is C25H30N2O5. The third kappa shape index (κ3) is 5.46. The third-order valence-corrected chi connectivity index (χ3v) is 5.80. The largest absolute Gasteiger partial charge is 0.480 e. The normalized spacial score (nSPS) is 14.1. The molecule has 32 heavy (non-hydrogen) atoms. The monoisotopic (exact) mass is 438 g/mol. The maximum Gasteiger partial charge on any atom is 0.407 e. The smallest absolute Gasteiger partial charge is 0.407 e. The van der Waals surface area contributed by atoms with Crippen molar-refractivity contribution in [2.24, 2.45) is 5.92 Å². The molecule has 0 radical (unpaired) electrons. The Bertz CT molecular complexity index is 929. The zero-order chi connectivity index (χ0) is 23.1. The molecule has 2 atom stereocenters. The number of benzene rings is 2. The predicted molar refractivity (Wildman–Crippen MR) is 121 cm³/mol. The highest BCUT2D eigenvalue weighted by molar-refractivity contribution is 5.85. The van der Waals surface area contributed by atoms with Gasteiger partial charge in [-0.2, -0.15) is 0 Å². The number of carbonyl (C=O) groups is 3. The van der Waals surface area contributed by atoms with Crippen LogP contribution in [0.5, 0.6) is 0 Å². The quantitative estimate of drug-likeness (QED) is 0.521. The molecule has 1 aliphatic rings. The van der Waals surface area contributed by atoms with Gasteiger partial charge in [-0.15, -0.1) is 0 Å². The molecule has 3 rings (SSSR count). The van der Waals surface area contributed by atoms with E-state index < -0.39 is 29.9 Å². The van der Waals surface area contributed by atoms with Crippen LogP contribution in [0.2, 0.25) is 0 Å². The molecule has 1 unspecified atom stereocenters. The SMILES string of the molecule is CCCC[C@H](NC(=O)C(C)CNC(=O)OCC1c2ccccc2-c2ccccc21)C(=O)O. The van der Waals surface area contributed by atoms with E-state index in [9.17, 15) is 19.5 Å². The lowest BCUT2D eigenvalue weighted by Gasteiger charge is -2.18. The van der Waals surface area contributed by atoms with E-state index in [2.05, 4.69) is 22.8 Å². The first-order valence-corrected chi connectivity index (χ1v) is 11.0. The van der Waals surface area contributed by atoms with E-state index in [-0.39, 0.29) is 19.1 Å². The minimum atomic E-state index is -1.05. The molecule has 2 aromatic rings. The molecule has 2 amide bonds. The zero-order valence-corrected chi connectivity index (χ0v) is 18.5. The molecule has 7 nitrogen and oxygen atoms in total. The Labute approximate surface area is 188 Å². The molecule has 0 heterocycles. The molecule has 0 saturated carbocycles. The number of unbranched alkanes of at least 4 members (excludes halogenated alkanes) is 1. The lowest BCUT2D eigenvalue weighted by molar-refractivity contribution is -0.142. The van der Waals surface area contributed by atoms with Gasteiger partial charge in [0, 0.05) is 12.5 Å². The molecule has 0 bridgehead atoms. The van der Waals surface area contributed by atoms with Crippen molar-refractivity contribution in [2.45, 2.75) is 45.1 Å². The fraction of sp³-hybridized carbons (Fsp3) is 0.400. The number of carbonyl (C=O) groups excluding carboxylic acids is 2. The number of carboxylic acid groups (broad SMARTS) is 1. The fourth-order valence-corrected chi connectivity index (χ4v) is 3.96. The zero-order valence-electron chi connectivity index (χ0n) is 18.5. The summed E-state index contributed by atoms with van der Waals surface area (Å²) in [4.78, 5) is 35.9. The summed E-state index contributed by atoms with van der Waals surface area (Å²) in [5.74, 6) is -2.08. The topological polar surface area (TPSA) is 105 Å². The number of amides is 2. The van der Waals surface area contributed by atoms with Crippen LogP contribution < -0.4 is 10.6 Å². The number of nitrogens with one attached hydrogen (secondary N) is 2. The van der Waals surface area contributed by atoms with E-state index in [0.717, 1.165) is 28.7 Å². The van der Waals surface area contributed by atoms with Crippen LogP contribution in [0.1, 0.15) is 50.2 Å². The number of rotatable bonds is 10. The molecule has 0 aliphatic heterocycles.